The number of hydrogen-bond donors (Lipinski definition) is 0. The van der Waals surface area contributed by atoms with Crippen LogP contribution in [-0.4, -0.2) is 70.5 Å². The van der Waals surface area contributed by atoms with Crippen LogP contribution in [0.5, 0.6) is 0 Å². The van der Waals surface area contributed by atoms with Crippen molar-refractivity contribution in [3.63, 3.8) is 0 Å². The fourth-order valence-electron chi connectivity index (χ4n) is 6.28. The van der Waals surface area contributed by atoms with Crippen molar-refractivity contribution in [2.75, 3.05) is 51.3 Å². The topological polar surface area (TPSA) is 49.1 Å². The molecule has 0 radical (unpaired) electrons. The minimum Gasteiger partial charge on any atom is -0.375 e. The molecule has 0 spiro atoms. The largest absolute Gasteiger partial charge is 0.375 e. The van der Waals surface area contributed by atoms with Crippen molar-refractivity contribution in [3.8, 4) is 0 Å². The summed E-state index contributed by atoms with van der Waals surface area (Å²) in [5, 5.41) is 0. The van der Waals surface area contributed by atoms with Crippen molar-refractivity contribution in [2.24, 2.45) is 0 Å². The van der Waals surface area contributed by atoms with Gasteiger partial charge in [-0.05, 0) is 69.5 Å². The quantitative estimate of drug-likeness (QED) is 0.408. The number of imidazole rings is 1. The lowest BCUT2D eigenvalue weighted by molar-refractivity contribution is 0.101. The molecule has 2 atom stereocenters. The average molecular weight is 505 g/mol. The molecule has 0 saturated carbocycles. The number of fused-ring (bicyclic) bond motifs is 1. The van der Waals surface area contributed by atoms with Gasteiger partial charge >= 0.3 is 0 Å². The maximum atomic E-state index is 6.07. The summed E-state index contributed by atoms with van der Waals surface area (Å²) in [7, 11) is 2.27. The van der Waals surface area contributed by atoms with Crippen molar-refractivity contribution >= 4 is 11.5 Å². The van der Waals surface area contributed by atoms with E-state index in [-0.39, 0.29) is 6.04 Å². The number of likely N-dealkylation sites (N-methyl/N-ethyl adjacent to an activating group) is 1. The zero-order valence-electron chi connectivity index (χ0n) is 23.4. The Morgan fingerprint density at radius 3 is 2.43 bits per heavy atom. The summed E-state index contributed by atoms with van der Waals surface area (Å²) in [6.45, 7) is 15.5. The number of nitrogens with zero attached hydrogens (tertiary/aromatic N) is 6. The first kappa shape index (κ1) is 26.1. The number of pyridine rings is 2. The fourth-order valence-corrected chi connectivity index (χ4v) is 6.28. The Bertz CT molecular complexity index is 1180. The number of anilines is 1. The second-order valence-electron chi connectivity index (χ2n) is 10.8. The highest BCUT2D eigenvalue weighted by molar-refractivity contribution is 5.55. The van der Waals surface area contributed by atoms with Gasteiger partial charge < -0.3 is 14.5 Å². The van der Waals surface area contributed by atoms with Crippen LogP contribution in [0.4, 0.5) is 5.82 Å². The van der Waals surface area contributed by atoms with E-state index >= 15 is 0 Å². The molecule has 7 nitrogen and oxygen atoms in total. The molecule has 0 bridgehead atoms. The van der Waals surface area contributed by atoms with Crippen LogP contribution in [0.3, 0.4) is 0 Å². The number of likely N-dealkylation sites (tertiary alicyclic amines) is 1. The van der Waals surface area contributed by atoms with Gasteiger partial charge in [-0.3, -0.25) is 14.3 Å². The van der Waals surface area contributed by atoms with Crippen molar-refractivity contribution in [2.45, 2.75) is 71.6 Å². The maximum Gasteiger partial charge on any atom is 0.138 e. The fraction of sp³-hybridized carbons (Fsp3) is 0.600. The summed E-state index contributed by atoms with van der Waals surface area (Å²) < 4.78 is 8.45. The van der Waals surface area contributed by atoms with Gasteiger partial charge in [-0.25, -0.2) is 4.98 Å². The number of ether oxygens (including phenoxy) is 1. The normalized spacial score (nSPS) is 21.8. The van der Waals surface area contributed by atoms with E-state index in [0.29, 0.717) is 25.2 Å². The number of piperidine rings is 1. The first-order chi connectivity index (χ1) is 18.0. The second kappa shape index (κ2) is 11.5. The van der Waals surface area contributed by atoms with Crippen molar-refractivity contribution in [3.05, 3.63) is 59.2 Å². The van der Waals surface area contributed by atoms with Gasteiger partial charge in [-0.2, -0.15) is 0 Å². The second-order valence-corrected chi connectivity index (χ2v) is 10.8. The molecule has 7 heteroatoms. The lowest BCUT2D eigenvalue weighted by Crippen LogP contribution is -2.46. The molecule has 0 aliphatic carbocycles. The molecule has 2 aliphatic heterocycles. The van der Waals surface area contributed by atoms with Crippen LogP contribution in [0.15, 0.2) is 36.5 Å². The van der Waals surface area contributed by atoms with Gasteiger partial charge in [0, 0.05) is 39.0 Å². The van der Waals surface area contributed by atoms with E-state index in [1.165, 1.54) is 34.9 Å². The van der Waals surface area contributed by atoms with Gasteiger partial charge in [0.1, 0.15) is 11.5 Å². The molecular formula is C30H44N6O. The predicted molar refractivity (Wildman–Crippen MR) is 150 cm³/mol. The van der Waals surface area contributed by atoms with E-state index in [4.69, 9.17) is 14.7 Å². The van der Waals surface area contributed by atoms with E-state index in [9.17, 15) is 0 Å². The molecule has 2 unspecified atom stereocenters. The summed E-state index contributed by atoms with van der Waals surface area (Å²) in [6, 6.07) is 11.4. The Morgan fingerprint density at radius 2 is 1.73 bits per heavy atom. The number of aromatic nitrogens is 3. The summed E-state index contributed by atoms with van der Waals surface area (Å²) in [6.07, 6.45) is 5.35. The highest BCUT2D eigenvalue weighted by atomic mass is 16.5. The molecule has 3 aromatic rings. The molecule has 200 valence electrons. The van der Waals surface area contributed by atoms with E-state index in [1.54, 1.807) is 0 Å². The third-order valence-electron chi connectivity index (χ3n) is 8.40. The SMILES string of the molecule is CCOCc1c(C2CCCC(c3ncccc3C(C)C)N2C)nc2cccc(N3CCN(CC)CC3)n12. The zero-order chi connectivity index (χ0) is 25.9. The van der Waals surface area contributed by atoms with Crippen LogP contribution < -0.4 is 4.90 Å². The molecule has 2 fully saturated rings. The van der Waals surface area contributed by atoms with Crippen LogP contribution in [-0.2, 0) is 11.3 Å². The van der Waals surface area contributed by atoms with Crippen LogP contribution in [0.1, 0.15) is 87.6 Å². The van der Waals surface area contributed by atoms with Crippen molar-refractivity contribution in [1.29, 1.82) is 0 Å². The lowest BCUT2D eigenvalue weighted by Gasteiger charge is -2.40. The van der Waals surface area contributed by atoms with Crippen LogP contribution in [0.25, 0.3) is 5.65 Å². The monoisotopic (exact) mass is 504 g/mol. The number of hydrogen-bond acceptors (Lipinski definition) is 6. The third-order valence-corrected chi connectivity index (χ3v) is 8.40. The molecule has 37 heavy (non-hydrogen) atoms. The van der Waals surface area contributed by atoms with Gasteiger partial charge in [0.05, 0.1) is 35.8 Å². The molecule has 2 saturated heterocycles. The molecule has 3 aromatic heterocycles. The highest BCUT2D eigenvalue weighted by Crippen LogP contribution is 2.43. The smallest absolute Gasteiger partial charge is 0.138 e. The van der Waals surface area contributed by atoms with Crippen LogP contribution in [0, 0.1) is 0 Å². The molecule has 0 N–H and O–H groups in total. The molecule has 0 amide bonds. The Morgan fingerprint density at radius 1 is 0.973 bits per heavy atom. The van der Waals surface area contributed by atoms with E-state index < -0.39 is 0 Å². The lowest BCUT2D eigenvalue weighted by atomic mass is 9.88. The van der Waals surface area contributed by atoms with Gasteiger partial charge in [-0.15, -0.1) is 0 Å². The summed E-state index contributed by atoms with van der Waals surface area (Å²) >= 11 is 0. The predicted octanol–water partition coefficient (Wildman–Crippen LogP) is 5.43. The van der Waals surface area contributed by atoms with Crippen molar-refractivity contribution in [1.82, 2.24) is 24.2 Å². The number of rotatable bonds is 8. The first-order valence-corrected chi connectivity index (χ1v) is 14.2. The third kappa shape index (κ3) is 5.14. The Labute approximate surface area is 222 Å². The minimum absolute atomic E-state index is 0.237. The Kier molecular flexibility index (Phi) is 8.12. The molecule has 0 aromatic carbocycles. The van der Waals surface area contributed by atoms with E-state index in [0.717, 1.165) is 51.2 Å². The molecule has 5 heterocycles. The van der Waals surface area contributed by atoms with Gasteiger partial charge in [0.2, 0.25) is 0 Å². The standard InChI is InChI=1S/C30H44N6O/c1-6-34-17-19-35(20-18-34)28-15-9-14-27-32-30(26(36(27)28)21-37-7-2)25-13-8-12-24(33(25)5)29-23(22(3)4)11-10-16-31-29/h9-11,14-16,22,24-25H,6-8,12-13,17-21H2,1-5H3. The first-order valence-electron chi connectivity index (χ1n) is 14.2. The molecular weight excluding hydrogens is 460 g/mol. The number of piperazine rings is 1. The highest BCUT2D eigenvalue weighted by Gasteiger charge is 2.35. The Hall–Kier alpha value is -2.48. The van der Waals surface area contributed by atoms with Gasteiger partial charge in [0.15, 0.2) is 0 Å². The van der Waals surface area contributed by atoms with E-state index in [2.05, 4.69) is 84.2 Å². The Balaban J connectivity index is 1.54. The van der Waals surface area contributed by atoms with E-state index in [1.807, 2.05) is 6.20 Å². The summed E-state index contributed by atoms with van der Waals surface area (Å²) in [5.74, 6) is 1.69. The molecule has 2 aliphatic rings. The molecule has 5 rings (SSSR count). The average Bonchev–Trinajstić information content (AvgIpc) is 3.30. The summed E-state index contributed by atoms with van der Waals surface area (Å²) in [5.41, 5.74) is 5.99. The van der Waals surface area contributed by atoms with Gasteiger partial charge in [0.25, 0.3) is 0 Å². The van der Waals surface area contributed by atoms with Gasteiger partial charge in [-0.1, -0.05) is 32.9 Å². The summed E-state index contributed by atoms with van der Waals surface area (Å²) in [4.78, 5) is 17.8. The van der Waals surface area contributed by atoms with Crippen LogP contribution >= 0.6 is 0 Å². The zero-order valence-corrected chi connectivity index (χ0v) is 23.4. The maximum absolute atomic E-state index is 6.07. The minimum atomic E-state index is 0.237. The van der Waals surface area contributed by atoms with Crippen LogP contribution in [0.2, 0.25) is 0 Å². The van der Waals surface area contributed by atoms with Crippen molar-refractivity contribution < 1.29 is 4.74 Å².